The van der Waals surface area contributed by atoms with Gasteiger partial charge in [0, 0.05) is 11.7 Å². The summed E-state index contributed by atoms with van der Waals surface area (Å²) >= 11 is 0. The number of aromatic nitrogens is 2. The topological polar surface area (TPSA) is 75.1 Å². The summed E-state index contributed by atoms with van der Waals surface area (Å²) in [4.78, 5) is 18.7. The van der Waals surface area contributed by atoms with Crippen LogP contribution in [0.3, 0.4) is 0 Å². The molecule has 0 unspecified atom stereocenters. The van der Waals surface area contributed by atoms with Crippen LogP contribution in [0.25, 0.3) is 0 Å². The van der Waals surface area contributed by atoms with Gasteiger partial charge in [0.2, 0.25) is 5.95 Å². The number of hydrogen-bond acceptors (Lipinski definition) is 4. The van der Waals surface area contributed by atoms with E-state index in [2.05, 4.69) is 15.3 Å². The van der Waals surface area contributed by atoms with E-state index >= 15 is 0 Å². The Balaban J connectivity index is 2.97. The second kappa shape index (κ2) is 3.84. The molecule has 1 heterocycles. The quantitative estimate of drug-likeness (QED) is 0.775. The van der Waals surface area contributed by atoms with Gasteiger partial charge in [0.15, 0.2) is 0 Å². The molecule has 0 spiro atoms. The van der Waals surface area contributed by atoms with Crippen molar-refractivity contribution in [3.05, 3.63) is 17.5 Å². The number of anilines is 1. The monoisotopic (exact) mass is 209 g/mol. The molecule has 0 aromatic carbocycles. The van der Waals surface area contributed by atoms with Crippen LogP contribution in [0.15, 0.2) is 6.20 Å². The highest BCUT2D eigenvalue weighted by Crippen LogP contribution is 2.11. The first-order valence-electron chi connectivity index (χ1n) is 4.65. The maximum Gasteiger partial charge on any atom is 0.339 e. The Hall–Kier alpha value is -1.65. The van der Waals surface area contributed by atoms with Crippen molar-refractivity contribution in [1.82, 2.24) is 9.97 Å². The Bertz CT molecular complexity index is 383. The van der Waals surface area contributed by atoms with Crippen LogP contribution in [0.1, 0.15) is 36.8 Å². The largest absolute Gasteiger partial charge is 0.478 e. The molecular formula is C10H15N3O2. The highest BCUT2D eigenvalue weighted by Gasteiger charge is 2.14. The van der Waals surface area contributed by atoms with Crippen LogP contribution in [0.2, 0.25) is 0 Å². The summed E-state index contributed by atoms with van der Waals surface area (Å²) in [6, 6.07) is 0. The maximum absolute atomic E-state index is 10.7. The van der Waals surface area contributed by atoms with Crippen LogP contribution < -0.4 is 5.32 Å². The molecule has 82 valence electrons. The van der Waals surface area contributed by atoms with Gasteiger partial charge in [-0.15, -0.1) is 0 Å². The average molecular weight is 209 g/mol. The molecule has 0 aliphatic rings. The third-order valence-electron chi connectivity index (χ3n) is 1.70. The predicted octanol–water partition coefficient (Wildman–Crippen LogP) is 1.69. The number of nitrogens with zero attached hydrogens (tertiary/aromatic N) is 2. The molecule has 0 saturated heterocycles. The molecule has 1 aromatic rings. The molecule has 1 rings (SSSR count). The molecule has 5 heteroatoms. The Morgan fingerprint density at radius 2 is 2.07 bits per heavy atom. The molecule has 0 aliphatic carbocycles. The van der Waals surface area contributed by atoms with Crippen molar-refractivity contribution in [2.45, 2.75) is 33.2 Å². The molecule has 0 aliphatic heterocycles. The molecular weight excluding hydrogens is 194 g/mol. The van der Waals surface area contributed by atoms with Crippen LogP contribution in [0.5, 0.6) is 0 Å². The zero-order valence-corrected chi connectivity index (χ0v) is 9.33. The minimum atomic E-state index is -1.00. The maximum atomic E-state index is 10.7. The van der Waals surface area contributed by atoms with Crippen molar-refractivity contribution >= 4 is 11.9 Å². The lowest BCUT2D eigenvalue weighted by Crippen LogP contribution is -2.27. The molecule has 0 amide bonds. The first-order chi connectivity index (χ1) is 6.79. The minimum absolute atomic E-state index is 0.134. The number of aryl methyl sites for hydroxylation is 1. The van der Waals surface area contributed by atoms with Gasteiger partial charge in [-0.25, -0.2) is 14.8 Å². The first-order valence-corrected chi connectivity index (χ1v) is 4.65. The molecule has 2 N–H and O–H groups in total. The lowest BCUT2D eigenvalue weighted by Gasteiger charge is -2.20. The highest BCUT2D eigenvalue weighted by atomic mass is 16.4. The van der Waals surface area contributed by atoms with Gasteiger partial charge < -0.3 is 10.4 Å². The fourth-order valence-corrected chi connectivity index (χ4v) is 1.07. The normalized spacial score (nSPS) is 11.2. The van der Waals surface area contributed by atoms with Gasteiger partial charge in [-0.05, 0) is 27.7 Å². The fraction of sp³-hybridized carbons (Fsp3) is 0.500. The number of hydrogen-bond donors (Lipinski definition) is 2. The third kappa shape index (κ3) is 3.19. The van der Waals surface area contributed by atoms with Gasteiger partial charge in [-0.2, -0.15) is 0 Å². The number of aromatic carboxylic acids is 1. The van der Waals surface area contributed by atoms with E-state index < -0.39 is 5.97 Å². The second-order valence-corrected chi connectivity index (χ2v) is 4.37. The van der Waals surface area contributed by atoms with Gasteiger partial charge in [-0.3, -0.25) is 0 Å². The Kier molecular flexibility index (Phi) is 2.93. The molecule has 0 bridgehead atoms. The Labute approximate surface area is 88.6 Å². The zero-order valence-electron chi connectivity index (χ0n) is 9.33. The van der Waals surface area contributed by atoms with Crippen LogP contribution in [-0.4, -0.2) is 26.6 Å². The van der Waals surface area contributed by atoms with E-state index in [1.807, 2.05) is 20.8 Å². The van der Waals surface area contributed by atoms with E-state index in [0.29, 0.717) is 11.6 Å². The fourth-order valence-electron chi connectivity index (χ4n) is 1.07. The smallest absolute Gasteiger partial charge is 0.339 e. The summed E-state index contributed by atoms with van der Waals surface area (Å²) in [6.45, 7) is 7.60. The molecule has 0 atom stereocenters. The molecule has 1 aromatic heterocycles. The van der Waals surface area contributed by atoms with Crippen molar-refractivity contribution in [1.29, 1.82) is 0 Å². The standard InChI is InChI=1S/C10H15N3O2/c1-6-7(8(14)15)5-11-9(12-6)13-10(2,3)4/h5H,1-4H3,(H,14,15)(H,11,12,13). The predicted molar refractivity (Wildman–Crippen MR) is 57.1 cm³/mol. The second-order valence-electron chi connectivity index (χ2n) is 4.37. The minimum Gasteiger partial charge on any atom is -0.478 e. The highest BCUT2D eigenvalue weighted by molar-refractivity contribution is 5.88. The molecule has 5 nitrogen and oxygen atoms in total. The average Bonchev–Trinajstić information content (AvgIpc) is 1.99. The van der Waals surface area contributed by atoms with Gasteiger partial charge in [0.1, 0.15) is 0 Å². The molecule has 0 fully saturated rings. The summed E-state index contributed by atoms with van der Waals surface area (Å²) in [5, 5.41) is 11.9. The summed E-state index contributed by atoms with van der Waals surface area (Å²) in [6.07, 6.45) is 1.32. The van der Waals surface area contributed by atoms with Crippen LogP contribution in [0, 0.1) is 6.92 Å². The van der Waals surface area contributed by atoms with E-state index in [1.54, 1.807) is 6.92 Å². The van der Waals surface area contributed by atoms with Crippen LogP contribution in [0.4, 0.5) is 5.95 Å². The first kappa shape index (κ1) is 11.4. The third-order valence-corrected chi connectivity index (χ3v) is 1.70. The van der Waals surface area contributed by atoms with E-state index in [9.17, 15) is 4.79 Å². The van der Waals surface area contributed by atoms with Crippen molar-refractivity contribution in [3.63, 3.8) is 0 Å². The SMILES string of the molecule is Cc1nc(NC(C)(C)C)ncc1C(=O)O. The lowest BCUT2D eigenvalue weighted by atomic mass is 10.1. The van der Waals surface area contributed by atoms with Crippen molar-refractivity contribution < 1.29 is 9.90 Å². The molecule has 15 heavy (non-hydrogen) atoms. The lowest BCUT2D eigenvalue weighted by molar-refractivity contribution is 0.0695. The van der Waals surface area contributed by atoms with E-state index in [1.165, 1.54) is 6.20 Å². The van der Waals surface area contributed by atoms with Gasteiger partial charge in [0.25, 0.3) is 0 Å². The van der Waals surface area contributed by atoms with Crippen molar-refractivity contribution in [2.24, 2.45) is 0 Å². The number of rotatable bonds is 2. The van der Waals surface area contributed by atoms with E-state index in [0.717, 1.165) is 0 Å². The van der Waals surface area contributed by atoms with Crippen molar-refractivity contribution in [3.8, 4) is 0 Å². The summed E-state index contributed by atoms with van der Waals surface area (Å²) < 4.78 is 0. The summed E-state index contributed by atoms with van der Waals surface area (Å²) in [5.74, 6) is -0.556. The van der Waals surface area contributed by atoms with Gasteiger partial charge >= 0.3 is 5.97 Å². The van der Waals surface area contributed by atoms with Gasteiger partial charge in [0.05, 0.1) is 11.3 Å². The number of carboxylic acid groups (broad SMARTS) is 1. The number of nitrogens with one attached hydrogen (secondary N) is 1. The summed E-state index contributed by atoms with van der Waals surface area (Å²) in [5.41, 5.74) is 0.454. The zero-order chi connectivity index (χ0) is 11.6. The Morgan fingerprint density at radius 3 is 2.47 bits per heavy atom. The molecule has 0 saturated carbocycles. The number of carbonyl (C=O) groups is 1. The number of carboxylic acids is 1. The van der Waals surface area contributed by atoms with E-state index in [-0.39, 0.29) is 11.1 Å². The van der Waals surface area contributed by atoms with Crippen molar-refractivity contribution in [2.75, 3.05) is 5.32 Å². The Morgan fingerprint density at radius 1 is 1.47 bits per heavy atom. The van der Waals surface area contributed by atoms with Gasteiger partial charge in [-0.1, -0.05) is 0 Å². The molecule has 0 radical (unpaired) electrons. The van der Waals surface area contributed by atoms with E-state index in [4.69, 9.17) is 5.11 Å². The van der Waals surface area contributed by atoms with Crippen LogP contribution in [-0.2, 0) is 0 Å². The van der Waals surface area contributed by atoms with Crippen LogP contribution >= 0.6 is 0 Å². The summed E-state index contributed by atoms with van der Waals surface area (Å²) in [7, 11) is 0.